The van der Waals surface area contributed by atoms with E-state index in [0.29, 0.717) is 0 Å². The van der Waals surface area contributed by atoms with Crippen LogP contribution in [-0.2, 0) is 4.74 Å². The predicted molar refractivity (Wildman–Crippen MR) is 27.8 cm³/mol. The highest BCUT2D eigenvalue weighted by molar-refractivity contribution is 6.22. The molecule has 1 unspecified atom stereocenters. The Balaban J connectivity index is 4.53. The van der Waals surface area contributed by atoms with E-state index >= 15 is 0 Å². The fraction of sp³-hybridized carbons (Fsp3) is 1.00. The molecule has 10 heteroatoms. The summed E-state index contributed by atoms with van der Waals surface area (Å²) in [5, 5.41) is -5.43. The summed E-state index contributed by atoms with van der Waals surface area (Å²) in [6, 6.07) is 0. The number of rotatable bonds is 3. The van der Waals surface area contributed by atoms with E-state index in [-0.39, 0.29) is 0 Å². The fourth-order valence-corrected chi connectivity index (χ4v) is 0.308. The van der Waals surface area contributed by atoms with Gasteiger partial charge in [-0.1, -0.05) is 0 Å². The van der Waals surface area contributed by atoms with Gasteiger partial charge in [0, 0.05) is 0 Å². The van der Waals surface area contributed by atoms with Gasteiger partial charge in [-0.15, -0.1) is 0 Å². The van der Waals surface area contributed by atoms with Gasteiger partial charge < -0.3 is 0 Å². The molecule has 1 nitrogen and oxygen atoms in total. The number of hydrogen-bond donors (Lipinski definition) is 0. The molecule has 0 aromatic carbocycles. The summed E-state index contributed by atoms with van der Waals surface area (Å²) in [7, 11) is 0. The maximum atomic E-state index is 11.9. The van der Waals surface area contributed by atoms with Gasteiger partial charge in [-0.3, -0.25) is 4.74 Å². The first-order chi connectivity index (χ1) is 5.88. The molecule has 0 amide bonds. The molecule has 0 aromatic heterocycles. The summed E-state index contributed by atoms with van der Waals surface area (Å²) in [6.07, 6.45) is -16.1. The van der Waals surface area contributed by atoms with Crippen molar-refractivity contribution >= 4 is 11.6 Å². The quantitative estimate of drug-likeness (QED) is 0.553. The van der Waals surface area contributed by atoms with Crippen molar-refractivity contribution in [3.05, 3.63) is 0 Å². The Kier molecular flexibility index (Phi) is 3.60. The van der Waals surface area contributed by atoms with Crippen LogP contribution in [0, 0.1) is 0 Å². The molecule has 0 aliphatic rings. The molecule has 0 saturated carbocycles. The first-order valence-corrected chi connectivity index (χ1v) is 3.09. The molecule has 0 bridgehead atoms. The van der Waals surface area contributed by atoms with Gasteiger partial charge in [0.25, 0.3) is 6.36 Å². The Hall–Kier alpha value is -0.310. The van der Waals surface area contributed by atoms with Crippen molar-refractivity contribution in [1.29, 1.82) is 0 Å². The van der Waals surface area contributed by atoms with Crippen LogP contribution in [-0.4, -0.2) is 24.0 Å². The molecule has 0 aliphatic carbocycles. The van der Waals surface area contributed by atoms with Crippen molar-refractivity contribution in [3.63, 3.8) is 0 Å². The molecule has 0 spiro atoms. The largest absolute Gasteiger partial charge is 0.445 e. The lowest BCUT2D eigenvalue weighted by molar-refractivity contribution is -0.394. The summed E-state index contributed by atoms with van der Waals surface area (Å²) in [5.41, 5.74) is 0. The minimum atomic E-state index is -5.83. The average molecular weight is 252 g/mol. The van der Waals surface area contributed by atoms with Gasteiger partial charge in [-0.25, -0.2) is 4.39 Å². The Morgan fingerprint density at radius 1 is 0.929 bits per heavy atom. The normalized spacial score (nSPS) is 16.9. The third-order valence-corrected chi connectivity index (χ3v) is 1.06. The number of alkyl halides is 9. The minimum absolute atomic E-state index is 2.16. The van der Waals surface area contributed by atoms with Gasteiger partial charge in [0.05, 0.1) is 0 Å². The van der Waals surface area contributed by atoms with Crippen molar-refractivity contribution in [3.8, 4) is 0 Å². The van der Waals surface area contributed by atoms with Crippen LogP contribution in [0.25, 0.3) is 0 Å². The van der Waals surface area contributed by atoms with Gasteiger partial charge in [0.15, 0.2) is 0 Å². The van der Waals surface area contributed by atoms with Gasteiger partial charge in [0.1, 0.15) is 0 Å². The SMILES string of the molecule is FC(OC(F)(F)C(F)(F)Cl)C(F)(F)F. The fourth-order valence-electron chi connectivity index (χ4n) is 0.264. The molecule has 0 rings (SSSR count). The predicted octanol–water partition coefficient (Wildman–Crippen LogP) is 3.29. The van der Waals surface area contributed by atoms with Crippen LogP contribution >= 0.6 is 11.6 Å². The maximum absolute atomic E-state index is 11.9. The second-order valence-corrected chi connectivity index (χ2v) is 2.46. The first kappa shape index (κ1) is 13.7. The summed E-state index contributed by atoms with van der Waals surface area (Å²) < 4.78 is 94.6. The third kappa shape index (κ3) is 3.45. The standard InChI is InChI=1S/C4HClF8O/c5-3(10,11)4(12,13)14-1(6)2(7,8)9/h1H. The molecule has 0 aliphatic heterocycles. The Labute approximate surface area is 76.6 Å². The summed E-state index contributed by atoms with van der Waals surface area (Å²) in [5.74, 6) is 0. The lowest BCUT2D eigenvalue weighted by atomic mass is 10.6. The highest BCUT2D eigenvalue weighted by Gasteiger charge is 2.61. The maximum Gasteiger partial charge on any atom is 0.445 e. The lowest BCUT2D eigenvalue weighted by Gasteiger charge is -2.23. The smallest absolute Gasteiger partial charge is 0.271 e. The first-order valence-electron chi connectivity index (χ1n) is 2.71. The molecule has 0 fully saturated rings. The van der Waals surface area contributed by atoms with Crippen LogP contribution in [0.15, 0.2) is 0 Å². The molecule has 0 heterocycles. The molecule has 86 valence electrons. The monoisotopic (exact) mass is 252 g/mol. The Morgan fingerprint density at radius 3 is 1.50 bits per heavy atom. The van der Waals surface area contributed by atoms with E-state index in [9.17, 15) is 35.1 Å². The molecular formula is C4HClF8O. The lowest BCUT2D eigenvalue weighted by Crippen LogP contribution is -2.44. The van der Waals surface area contributed by atoms with E-state index in [1.165, 1.54) is 0 Å². The van der Waals surface area contributed by atoms with Crippen LogP contribution in [0.3, 0.4) is 0 Å². The molecule has 0 N–H and O–H groups in total. The van der Waals surface area contributed by atoms with E-state index in [1.54, 1.807) is 0 Å². The summed E-state index contributed by atoms with van der Waals surface area (Å²) >= 11 is 3.68. The zero-order valence-electron chi connectivity index (χ0n) is 5.89. The number of halogens is 9. The van der Waals surface area contributed by atoms with Crippen molar-refractivity contribution in [2.75, 3.05) is 0 Å². The average Bonchev–Trinajstić information content (AvgIpc) is 1.80. The summed E-state index contributed by atoms with van der Waals surface area (Å²) in [4.78, 5) is 0. The van der Waals surface area contributed by atoms with Gasteiger partial charge in [-0.2, -0.15) is 30.7 Å². The van der Waals surface area contributed by atoms with E-state index in [1.807, 2.05) is 0 Å². The number of hydrogen-bond acceptors (Lipinski definition) is 1. The van der Waals surface area contributed by atoms with Crippen molar-refractivity contribution in [2.24, 2.45) is 0 Å². The highest BCUT2D eigenvalue weighted by Crippen LogP contribution is 2.41. The minimum Gasteiger partial charge on any atom is -0.271 e. The van der Waals surface area contributed by atoms with Crippen LogP contribution in [0.2, 0.25) is 0 Å². The van der Waals surface area contributed by atoms with Crippen LogP contribution < -0.4 is 0 Å². The molecule has 14 heavy (non-hydrogen) atoms. The zero-order chi connectivity index (χ0) is 11.8. The van der Waals surface area contributed by atoms with E-state index in [0.717, 1.165) is 0 Å². The zero-order valence-corrected chi connectivity index (χ0v) is 6.64. The molecular weight excluding hydrogens is 251 g/mol. The molecule has 1 atom stereocenters. The van der Waals surface area contributed by atoms with Crippen molar-refractivity contribution in [1.82, 2.24) is 0 Å². The number of ether oxygens (including phenoxy) is 1. The Morgan fingerprint density at radius 2 is 1.29 bits per heavy atom. The third-order valence-electron chi connectivity index (χ3n) is 0.839. The molecule has 0 aromatic rings. The van der Waals surface area contributed by atoms with Crippen molar-refractivity contribution in [2.45, 2.75) is 24.0 Å². The van der Waals surface area contributed by atoms with Gasteiger partial charge in [-0.05, 0) is 11.6 Å². The molecule has 0 saturated heterocycles. The van der Waals surface area contributed by atoms with Gasteiger partial charge in [0.2, 0.25) is 0 Å². The second-order valence-electron chi connectivity index (χ2n) is 1.99. The highest BCUT2D eigenvalue weighted by atomic mass is 35.5. The van der Waals surface area contributed by atoms with Crippen LogP contribution in [0.1, 0.15) is 0 Å². The molecule has 0 radical (unpaired) electrons. The van der Waals surface area contributed by atoms with E-state index in [4.69, 9.17) is 0 Å². The van der Waals surface area contributed by atoms with Crippen LogP contribution in [0.5, 0.6) is 0 Å². The second kappa shape index (κ2) is 3.69. The van der Waals surface area contributed by atoms with Gasteiger partial charge >= 0.3 is 17.7 Å². The van der Waals surface area contributed by atoms with Crippen molar-refractivity contribution < 1.29 is 39.9 Å². The van der Waals surface area contributed by atoms with E-state index in [2.05, 4.69) is 16.3 Å². The topological polar surface area (TPSA) is 9.23 Å². The Bertz CT molecular complexity index is 194. The van der Waals surface area contributed by atoms with Crippen LogP contribution in [0.4, 0.5) is 35.1 Å². The van der Waals surface area contributed by atoms with E-state index < -0.39 is 24.0 Å². The summed E-state index contributed by atoms with van der Waals surface area (Å²) in [6.45, 7) is 0.